The standard InChI is InChI=1S/C11H20O5S/c1-5-16-11(13)6-10(12)7-17(14,15)9(4)8(2)3/h8-9H,5-7H2,1-4H3. The predicted octanol–water partition coefficient (Wildman–Crippen LogP) is 0.968. The zero-order valence-electron chi connectivity index (χ0n) is 10.7. The first-order chi connectivity index (χ1) is 7.70. The minimum absolute atomic E-state index is 0.0598. The van der Waals surface area contributed by atoms with E-state index in [1.165, 1.54) is 0 Å². The van der Waals surface area contributed by atoms with Gasteiger partial charge in [0.15, 0.2) is 15.6 Å². The molecule has 17 heavy (non-hydrogen) atoms. The summed E-state index contributed by atoms with van der Waals surface area (Å²) in [7, 11) is -3.48. The molecule has 0 amide bonds. The molecule has 0 aromatic carbocycles. The fourth-order valence-electron chi connectivity index (χ4n) is 1.19. The number of sulfone groups is 1. The minimum atomic E-state index is -3.48. The Bertz CT molecular complexity index is 369. The van der Waals surface area contributed by atoms with E-state index < -0.39 is 39.0 Å². The maximum absolute atomic E-state index is 11.7. The number of carbonyl (C=O) groups excluding carboxylic acids is 2. The first-order valence-electron chi connectivity index (χ1n) is 5.59. The molecule has 0 aliphatic heterocycles. The van der Waals surface area contributed by atoms with Gasteiger partial charge in [-0.25, -0.2) is 8.42 Å². The van der Waals surface area contributed by atoms with Crippen molar-refractivity contribution in [2.24, 2.45) is 5.92 Å². The molecule has 0 rings (SSSR count). The highest BCUT2D eigenvalue weighted by Crippen LogP contribution is 2.13. The van der Waals surface area contributed by atoms with E-state index in [9.17, 15) is 18.0 Å². The summed E-state index contributed by atoms with van der Waals surface area (Å²) in [6.07, 6.45) is -0.474. The van der Waals surface area contributed by atoms with Gasteiger partial charge in [0.2, 0.25) is 0 Å². The van der Waals surface area contributed by atoms with E-state index in [2.05, 4.69) is 4.74 Å². The largest absolute Gasteiger partial charge is 0.466 e. The lowest BCUT2D eigenvalue weighted by Gasteiger charge is -2.15. The van der Waals surface area contributed by atoms with Crippen LogP contribution in [0.5, 0.6) is 0 Å². The van der Waals surface area contributed by atoms with Gasteiger partial charge >= 0.3 is 5.97 Å². The first-order valence-corrected chi connectivity index (χ1v) is 7.31. The van der Waals surface area contributed by atoms with Gasteiger partial charge in [-0.2, -0.15) is 0 Å². The van der Waals surface area contributed by atoms with Crippen LogP contribution >= 0.6 is 0 Å². The van der Waals surface area contributed by atoms with Crippen molar-refractivity contribution in [1.29, 1.82) is 0 Å². The number of hydrogen-bond donors (Lipinski definition) is 0. The summed E-state index contributed by atoms with van der Waals surface area (Å²) in [5, 5.41) is -0.589. The smallest absolute Gasteiger partial charge is 0.313 e. The lowest BCUT2D eigenvalue weighted by atomic mass is 10.2. The molecule has 0 fully saturated rings. The monoisotopic (exact) mass is 264 g/mol. The molecule has 0 aliphatic rings. The van der Waals surface area contributed by atoms with Crippen LogP contribution in [0, 0.1) is 5.92 Å². The Balaban J connectivity index is 4.43. The number of esters is 1. The SMILES string of the molecule is CCOC(=O)CC(=O)CS(=O)(=O)C(C)C(C)C. The van der Waals surface area contributed by atoms with Crippen molar-refractivity contribution in [2.45, 2.75) is 39.4 Å². The Labute approximate surface area is 102 Å². The van der Waals surface area contributed by atoms with Gasteiger partial charge in [-0.05, 0) is 19.8 Å². The first kappa shape index (κ1) is 16.1. The third-order valence-electron chi connectivity index (χ3n) is 2.51. The Morgan fingerprint density at radius 2 is 1.71 bits per heavy atom. The Morgan fingerprint density at radius 1 is 1.18 bits per heavy atom. The highest BCUT2D eigenvalue weighted by Gasteiger charge is 2.27. The average molecular weight is 264 g/mol. The molecular formula is C11H20O5S. The van der Waals surface area contributed by atoms with Gasteiger partial charge in [0.05, 0.1) is 11.9 Å². The second-order valence-electron chi connectivity index (χ2n) is 4.28. The van der Waals surface area contributed by atoms with E-state index in [4.69, 9.17) is 0 Å². The van der Waals surface area contributed by atoms with E-state index in [-0.39, 0.29) is 12.5 Å². The molecule has 0 aromatic rings. The van der Waals surface area contributed by atoms with Crippen LogP contribution in [-0.2, 0) is 24.2 Å². The maximum Gasteiger partial charge on any atom is 0.313 e. The number of Topliss-reactive ketones (excluding diaryl/α,β-unsaturated/α-hetero) is 1. The molecule has 1 atom stereocenters. The van der Waals surface area contributed by atoms with Crippen LogP contribution in [0.3, 0.4) is 0 Å². The van der Waals surface area contributed by atoms with Gasteiger partial charge < -0.3 is 4.74 Å². The number of rotatable bonds is 7. The third kappa shape index (κ3) is 5.81. The zero-order valence-corrected chi connectivity index (χ0v) is 11.5. The Kier molecular flexibility index (Phi) is 6.37. The second-order valence-corrected chi connectivity index (χ2v) is 6.63. The molecule has 0 bridgehead atoms. The van der Waals surface area contributed by atoms with Crippen LogP contribution in [0.2, 0.25) is 0 Å². The Morgan fingerprint density at radius 3 is 2.12 bits per heavy atom. The second kappa shape index (κ2) is 6.74. The molecule has 0 aromatic heterocycles. The molecule has 0 saturated carbocycles. The lowest BCUT2D eigenvalue weighted by molar-refractivity contribution is -0.145. The quantitative estimate of drug-likeness (QED) is 0.506. The van der Waals surface area contributed by atoms with E-state index in [1.807, 2.05) is 0 Å². The lowest BCUT2D eigenvalue weighted by Crippen LogP contribution is -2.30. The van der Waals surface area contributed by atoms with Crippen LogP contribution in [0.1, 0.15) is 34.1 Å². The van der Waals surface area contributed by atoms with Crippen molar-refractivity contribution in [2.75, 3.05) is 12.4 Å². The molecule has 0 radical (unpaired) electrons. The van der Waals surface area contributed by atoms with Crippen molar-refractivity contribution in [3.05, 3.63) is 0 Å². The molecule has 0 N–H and O–H groups in total. The predicted molar refractivity (Wildman–Crippen MR) is 64.3 cm³/mol. The minimum Gasteiger partial charge on any atom is -0.466 e. The molecule has 0 aliphatic carbocycles. The van der Waals surface area contributed by atoms with Gasteiger partial charge in [0, 0.05) is 0 Å². The topological polar surface area (TPSA) is 77.5 Å². The molecule has 0 spiro atoms. The van der Waals surface area contributed by atoms with E-state index in [0.717, 1.165) is 0 Å². The number of carbonyl (C=O) groups is 2. The number of ketones is 1. The maximum atomic E-state index is 11.7. The number of hydrogen-bond acceptors (Lipinski definition) is 5. The summed E-state index contributed by atoms with van der Waals surface area (Å²) in [5.41, 5.74) is 0. The summed E-state index contributed by atoms with van der Waals surface area (Å²) in [6.45, 7) is 6.93. The summed E-state index contributed by atoms with van der Waals surface area (Å²) in [6, 6.07) is 0. The van der Waals surface area contributed by atoms with Gasteiger partial charge in [0.25, 0.3) is 0 Å². The molecule has 5 nitrogen and oxygen atoms in total. The van der Waals surface area contributed by atoms with Crippen molar-refractivity contribution in [3.8, 4) is 0 Å². The fraction of sp³-hybridized carbons (Fsp3) is 0.818. The molecule has 6 heteroatoms. The summed E-state index contributed by atoms with van der Waals surface area (Å²) < 4.78 is 28.1. The van der Waals surface area contributed by atoms with Crippen molar-refractivity contribution >= 4 is 21.6 Å². The van der Waals surface area contributed by atoms with Crippen LogP contribution in [0.25, 0.3) is 0 Å². The summed E-state index contributed by atoms with van der Waals surface area (Å²) in [5.74, 6) is -1.94. The van der Waals surface area contributed by atoms with Crippen LogP contribution < -0.4 is 0 Å². The van der Waals surface area contributed by atoms with Gasteiger partial charge in [-0.3, -0.25) is 9.59 Å². The summed E-state index contributed by atoms with van der Waals surface area (Å²) >= 11 is 0. The fourth-order valence-corrected chi connectivity index (χ4v) is 2.84. The van der Waals surface area contributed by atoms with E-state index in [1.54, 1.807) is 27.7 Å². The van der Waals surface area contributed by atoms with Crippen LogP contribution in [0.4, 0.5) is 0 Å². The van der Waals surface area contributed by atoms with Crippen molar-refractivity contribution < 1.29 is 22.7 Å². The highest BCUT2D eigenvalue weighted by molar-refractivity contribution is 7.92. The van der Waals surface area contributed by atoms with Crippen LogP contribution in [-0.4, -0.2) is 37.8 Å². The Hall–Kier alpha value is -0.910. The van der Waals surface area contributed by atoms with Crippen molar-refractivity contribution in [1.82, 2.24) is 0 Å². The molecule has 0 saturated heterocycles. The third-order valence-corrected chi connectivity index (χ3v) is 4.92. The number of ether oxygens (including phenoxy) is 1. The molecule has 1 unspecified atom stereocenters. The van der Waals surface area contributed by atoms with E-state index in [0.29, 0.717) is 0 Å². The van der Waals surface area contributed by atoms with E-state index >= 15 is 0 Å². The molecule has 100 valence electrons. The highest BCUT2D eigenvalue weighted by atomic mass is 32.2. The van der Waals surface area contributed by atoms with Crippen molar-refractivity contribution in [3.63, 3.8) is 0 Å². The molecular weight excluding hydrogens is 244 g/mol. The normalized spacial score (nSPS) is 13.5. The van der Waals surface area contributed by atoms with Gasteiger partial charge in [0.1, 0.15) is 12.2 Å². The average Bonchev–Trinajstić information content (AvgIpc) is 2.15. The zero-order chi connectivity index (χ0) is 13.6. The van der Waals surface area contributed by atoms with Crippen LogP contribution in [0.15, 0.2) is 0 Å². The van der Waals surface area contributed by atoms with Gasteiger partial charge in [-0.1, -0.05) is 13.8 Å². The molecule has 0 heterocycles. The van der Waals surface area contributed by atoms with Gasteiger partial charge in [-0.15, -0.1) is 0 Å². The summed E-state index contributed by atoms with van der Waals surface area (Å²) in [4.78, 5) is 22.4.